The highest BCUT2D eigenvalue weighted by molar-refractivity contribution is 5.82. The van der Waals surface area contributed by atoms with Crippen LogP contribution in [0.15, 0.2) is 24.5 Å². The number of hydrogen-bond donors (Lipinski definition) is 1. The van der Waals surface area contributed by atoms with E-state index in [0.29, 0.717) is 6.54 Å². The largest absolute Gasteiger partial charge is 0.369 e. The van der Waals surface area contributed by atoms with Crippen LogP contribution in [0.4, 0.5) is 0 Å². The first-order chi connectivity index (χ1) is 6.61. The maximum Gasteiger partial charge on any atom is 0.226 e. The van der Waals surface area contributed by atoms with Crippen molar-refractivity contribution < 1.29 is 4.79 Å². The van der Waals surface area contributed by atoms with Crippen LogP contribution in [0.3, 0.4) is 0 Å². The van der Waals surface area contributed by atoms with Gasteiger partial charge in [0, 0.05) is 18.9 Å². The Kier molecular flexibility index (Phi) is 3.59. The minimum Gasteiger partial charge on any atom is -0.369 e. The normalized spacial score (nSPS) is 12.8. The molecule has 4 nitrogen and oxygen atoms in total. The average molecular weight is 193 g/mol. The molecule has 1 aromatic rings. The van der Waals surface area contributed by atoms with E-state index in [9.17, 15) is 4.79 Å². The van der Waals surface area contributed by atoms with Crippen LogP contribution in [0.5, 0.6) is 0 Å². The molecule has 1 heterocycles. The molecule has 76 valence electrons. The number of carbonyl (C=O) groups is 1. The first-order valence-corrected chi connectivity index (χ1v) is 4.45. The summed E-state index contributed by atoms with van der Waals surface area (Å²) in [5.41, 5.74) is 6.19. The van der Waals surface area contributed by atoms with Crippen molar-refractivity contribution in [3.63, 3.8) is 0 Å². The first-order valence-electron chi connectivity index (χ1n) is 4.45. The molecular weight excluding hydrogens is 178 g/mol. The first kappa shape index (κ1) is 10.7. The highest BCUT2D eigenvalue weighted by atomic mass is 16.1. The van der Waals surface area contributed by atoms with E-state index in [4.69, 9.17) is 5.73 Å². The summed E-state index contributed by atoms with van der Waals surface area (Å²) >= 11 is 0. The maximum atomic E-state index is 11.2. The Balaban J connectivity index is 2.84. The molecule has 0 saturated heterocycles. The topological polar surface area (TPSA) is 59.2 Å². The minimum atomic E-state index is -0.313. The van der Waals surface area contributed by atoms with Gasteiger partial charge in [-0.3, -0.25) is 9.78 Å². The summed E-state index contributed by atoms with van der Waals surface area (Å²) in [6.45, 7) is 0.612. The smallest absolute Gasteiger partial charge is 0.226 e. The summed E-state index contributed by atoms with van der Waals surface area (Å²) < 4.78 is 0. The monoisotopic (exact) mass is 193 g/mol. The maximum absolute atomic E-state index is 11.2. The van der Waals surface area contributed by atoms with Crippen molar-refractivity contribution in [2.45, 2.75) is 5.92 Å². The van der Waals surface area contributed by atoms with Crippen LogP contribution in [-0.2, 0) is 4.79 Å². The number of primary amides is 1. The lowest BCUT2D eigenvalue weighted by atomic mass is 10.00. The molecule has 1 unspecified atom stereocenters. The molecule has 0 saturated carbocycles. The van der Waals surface area contributed by atoms with E-state index in [1.54, 1.807) is 18.5 Å². The zero-order valence-electron chi connectivity index (χ0n) is 8.47. The summed E-state index contributed by atoms with van der Waals surface area (Å²) in [5.74, 6) is -0.592. The predicted octanol–water partition coefficient (Wildman–Crippen LogP) is 0.212. The number of likely N-dealkylation sites (N-methyl/N-ethyl adjacent to an activating group) is 1. The van der Waals surface area contributed by atoms with Gasteiger partial charge >= 0.3 is 0 Å². The number of amides is 1. The van der Waals surface area contributed by atoms with Gasteiger partial charge in [-0.25, -0.2) is 0 Å². The molecule has 2 N–H and O–H groups in total. The fourth-order valence-electron chi connectivity index (χ4n) is 1.31. The summed E-state index contributed by atoms with van der Waals surface area (Å²) in [5, 5.41) is 0. The third kappa shape index (κ3) is 2.81. The molecule has 1 atom stereocenters. The third-order valence-electron chi connectivity index (χ3n) is 1.98. The number of nitrogens with zero attached hydrogens (tertiary/aromatic N) is 2. The van der Waals surface area contributed by atoms with Crippen LogP contribution >= 0.6 is 0 Å². The van der Waals surface area contributed by atoms with Gasteiger partial charge < -0.3 is 10.6 Å². The van der Waals surface area contributed by atoms with E-state index in [0.717, 1.165) is 5.56 Å². The fraction of sp³-hybridized carbons (Fsp3) is 0.400. The molecule has 0 aliphatic heterocycles. The van der Waals surface area contributed by atoms with Crippen molar-refractivity contribution in [3.05, 3.63) is 30.1 Å². The Morgan fingerprint density at radius 3 is 2.79 bits per heavy atom. The molecule has 0 fully saturated rings. The molecule has 0 bridgehead atoms. The molecule has 1 aromatic heterocycles. The summed E-state index contributed by atoms with van der Waals surface area (Å²) in [6, 6.07) is 3.67. The summed E-state index contributed by atoms with van der Waals surface area (Å²) in [4.78, 5) is 17.1. The number of aromatic nitrogens is 1. The van der Waals surface area contributed by atoms with E-state index in [2.05, 4.69) is 4.98 Å². The SMILES string of the molecule is CN(C)CC(C(N)=O)c1cccnc1. The second-order valence-corrected chi connectivity index (χ2v) is 3.50. The summed E-state index contributed by atoms with van der Waals surface area (Å²) in [7, 11) is 3.82. The van der Waals surface area contributed by atoms with Crippen molar-refractivity contribution >= 4 is 5.91 Å². The number of hydrogen-bond acceptors (Lipinski definition) is 3. The molecule has 0 aliphatic rings. The van der Waals surface area contributed by atoms with Crippen molar-refractivity contribution in [3.8, 4) is 0 Å². The summed E-state index contributed by atoms with van der Waals surface area (Å²) in [6.07, 6.45) is 3.36. The quantitative estimate of drug-likeness (QED) is 0.743. The lowest BCUT2D eigenvalue weighted by molar-refractivity contribution is -0.119. The number of pyridine rings is 1. The van der Waals surface area contributed by atoms with Crippen molar-refractivity contribution in [1.82, 2.24) is 9.88 Å². The highest BCUT2D eigenvalue weighted by Gasteiger charge is 2.18. The van der Waals surface area contributed by atoms with Gasteiger partial charge in [0.05, 0.1) is 5.92 Å². The van der Waals surface area contributed by atoms with Gasteiger partial charge in [-0.2, -0.15) is 0 Å². The van der Waals surface area contributed by atoms with Crippen LogP contribution in [0.25, 0.3) is 0 Å². The predicted molar refractivity (Wildman–Crippen MR) is 54.7 cm³/mol. The van der Waals surface area contributed by atoms with Gasteiger partial charge in [0.15, 0.2) is 0 Å². The Bertz CT molecular complexity index is 297. The van der Waals surface area contributed by atoms with Crippen molar-refractivity contribution in [1.29, 1.82) is 0 Å². The second-order valence-electron chi connectivity index (χ2n) is 3.50. The Hall–Kier alpha value is -1.42. The molecule has 0 radical (unpaired) electrons. The Morgan fingerprint density at radius 2 is 2.36 bits per heavy atom. The number of nitrogens with two attached hydrogens (primary N) is 1. The Morgan fingerprint density at radius 1 is 1.64 bits per heavy atom. The lowest BCUT2D eigenvalue weighted by Gasteiger charge is -2.17. The van der Waals surface area contributed by atoms with E-state index in [-0.39, 0.29) is 11.8 Å². The van der Waals surface area contributed by atoms with Gasteiger partial charge in [-0.1, -0.05) is 6.07 Å². The van der Waals surface area contributed by atoms with E-state index >= 15 is 0 Å². The Labute approximate surface area is 83.7 Å². The van der Waals surface area contributed by atoms with E-state index in [1.807, 2.05) is 25.1 Å². The van der Waals surface area contributed by atoms with Gasteiger partial charge in [-0.15, -0.1) is 0 Å². The molecular formula is C10H15N3O. The molecule has 0 spiro atoms. The van der Waals surface area contributed by atoms with Crippen molar-refractivity contribution in [2.24, 2.45) is 5.73 Å². The van der Waals surface area contributed by atoms with Gasteiger partial charge in [0.25, 0.3) is 0 Å². The van der Waals surface area contributed by atoms with Crippen LogP contribution in [0.1, 0.15) is 11.5 Å². The molecule has 0 aromatic carbocycles. The number of rotatable bonds is 4. The van der Waals surface area contributed by atoms with E-state index in [1.165, 1.54) is 0 Å². The molecule has 1 rings (SSSR count). The zero-order chi connectivity index (χ0) is 10.6. The lowest BCUT2D eigenvalue weighted by Crippen LogP contribution is -2.30. The van der Waals surface area contributed by atoms with E-state index < -0.39 is 0 Å². The van der Waals surface area contributed by atoms with Crippen molar-refractivity contribution in [2.75, 3.05) is 20.6 Å². The van der Waals surface area contributed by atoms with Crippen LogP contribution in [0, 0.1) is 0 Å². The van der Waals surface area contributed by atoms with Crippen LogP contribution < -0.4 is 5.73 Å². The molecule has 1 amide bonds. The average Bonchev–Trinajstić information content (AvgIpc) is 2.15. The highest BCUT2D eigenvalue weighted by Crippen LogP contribution is 2.14. The molecule has 14 heavy (non-hydrogen) atoms. The van der Waals surface area contributed by atoms with Crippen LogP contribution in [0.2, 0.25) is 0 Å². The molecule has 0 aliphatic carbocycles. The van der Waals surface area contributed by atoms with Crippen LogP contribution in [-0.4, -0.2) is 36.4 Å². The third-order valence-corrected chi connectivity index (χ3v) is 1.98. The van der Waals surface area contributed by atoms with Gasteiger partial charge in [0.2, 0.25) is 5.91 Å². The molecule has 4 heteroatoms. The number of carbonyl (C=O) groups excluding carboxylic acids is 1. The zero-order valence-corrected chi connectivity index (χ0v) is 8.47. The van der Waals surface area contributed by atoms with Gasteiger partial charge in [0.1, 0.15) is 0 Å². The van der Waals surface area contributed by atoms with Gasteiger partial charge in [-0.05, 0) is 25.7 Å². The fourth-order valence-corrected chi connectivity index (χ4v) is 1.31. The standard InChI is InChI=1S/C10H15N3O/c1-13(2)7-9(10(11)14)8-4-3-5-12-6-8/h3-6,9H,7H2,1-2H3,(H2,11,14). The second kappa shape index (κ2) is 4.72. The minimum absolute atomic E-state index is 0.279.